The van der Waals surface area contributed by atoms with Crippen LogP contribution in [-0.2, 0) is 52.7 Å². The molecule has 4 atom stereocenters. The highest BCUT2D eigenvalue weighted by atomic mass is 127. The number of rotatable bonds is 11. The van der Waals surface area contributed by atoms with Gasteiger partial charge in [0.2, 0.25) is 0 Å². The molecule has 4 aromatic carbocycles. The van der Waals surface area contributed by atoms with Crippen LogP contribution in [0.2, 0.25) is 0 Å². The number of aliphatic hydroxyl groups is 1. The number of hydrogen-bond acceptors (Lipinski definition) is 21. The van der Waals surface area contributed by atoms with E-state index in [4.69, 9.17) is 41.3 Å². The molecule has 4 unspecified atom stereocenters. The Bertz CT molecular complexity index is 4210. The first-order valence-corrected chi connectivity index (χ1v) is 47.0. The monoisotopic (exact) mass is 1960 g/mol. The van der Waals surface area contributed by atoms with Crippen LogP contribution < -0.4 is 35.9 Å². The lowest BCUT2D eigenvalue weighted by Crippen LogP contribution is -2.41. The predicted octanol–water partition coefficient (Wildman–Crippen LogP) is 21.4. The number of nitrogens with one attached hydrogen (secondary N) is 4. The molecule has 20 nitrogen and oxygen atoms in total. The van der Waals surface area contributed by atoms with Gasteiger partial charge in [0, 0.05) is 158 Å². The summed E-state index contributed by atoms with van der Waals surface area (Å²) in [5, 5.41) is 45.9. The van der Waals surface area contributed by atoms with Crippen molar-refractivity contribution in [3.8, 4) is 0 Å². The van der Waals surface area contributed by atoms with E-state index < -0.39 is 16.8 Å². The Morgan fingerprint density at radius 3 is 1.17 bits per heavy atom. The summed E-state index contributed by atoms with van der Waals surface area (Å²) in [7, 11) is 0. The smallest absolute Gasteiger partial charge is 0.410 e. The predicted molar refractivity (Wildman–Crippen MR) is 526 cm³/mol. The third-order valence-electron chi connectivity index (χ3n) is 21.6. The van der Waals surface area contributed by atoms with Crippen LogP contribution in [0.25, 0.3) is 0 Å². The normalized spacial score (nSPS) is 18.5. The molecule has 29 heteroatoms. The Hall–Kier alpha value is -5.89. The second-order valence-corrected chi connectivity index (χ2v) is 38.6. The van der Waals surface area contributed by atoms with Crippen LogP contribution >= 0.6 is 122 Å². The number of nitrogens with zero attached hydrogens (tertiary/aromatic N) is 7. The van der Waals surface area contributed by atoms with Crippen LogP contribution in [0.3, 0.4) is 0 Å². The van der Waals surface area contributed by atoms with Crippen LogP contribution in [0, 0.1) is 16.2 Å². The molecule has 662 valence electrons. The molecule has 0 saturated carbocycles. The lowest BCUT2D eigenvalue weighted by molar-refractivity contribution is 0.0282. The van der Waals surface area contributed by atoms with Crippen LogP contribution in [0.15, 0.2) is 130 Å². The average Bonchev–Trinajstić information content (AvgIpc) is 1.42. The fourth-order valence-corrected chi connectivity index (χ4v) is 19.3. The summed E-state index contributed by atoms with van der Waals surface area (Å²) in [5.41, 5.74) is 20.3. The molecule has 4 saturated heterocycles. The minimum absolute atomic E-state index is 0. The van der Waals surface area contributed by atoms with Crippen molar-refractivity contribution >= 4 is 185 Å². The van der Waals surface area contributed by atoms with Crippen molar-refractivity contribution < 1.29 is 33.7 Å². The van der Waals surface area contributed by atoms with Crippen molar-refractivity contribution in [1.82, 2.24) is 20.0 Å². The van der Waals surface area contributed by atoms with Gasteiger partial charge in [-0.25, -0.2) is 19.6 Å². The van der Waals surface area contributed by atoms with E-state index in [1.54, 1.807) is 40.9 Å². The fourth-order valence-electron chi connectivity index (χ4n) is 16.3. The minimum atomic E-state index is -0.461. The van der Waals surface area contributed by atoms with E-state index in [-0.39, 0.29) is 73.7 Å². The van der Waals surface area contributed by atoms with Crippen LogP contribution in [0.5, 0.6) is 0 Å². The zero-order valence-corrected chi connectivity index (χ0v) is 81.7. The first-order chi connectivity index (χ1) is 56.0. The van der Waals surface area contributed by atoms with Crippen molar-refractivity contribution in [3.05, 3.63) is 178 Å². The molecule has 8 aliphatic rings. The number of fused-ring (bicyclic) bond motifs is 4. The number of likely N-dealkylation sites (tertiary alicyclic amines) is 3. The van der Waals surface area contributed by atoms with Gasteiger partial charge in [0.05, 0.1) is 16.3 Å². The third-order valence-corrected chi connectivity index (χ3v) is 25.6. The van der Waals surface area contributed by atoms with Crippen LogP contribution in [-0.4, -0.2) is 187 Å². The molecule has 4 fully saturated rings. The second-order valence-electron chi connectivity index (χ2n) is 34.0. The van der Waals surface area contributed by atoms with Crippen molar-refractivity contribution in [1.29, 1.82) is 16.2 Å². The average molecular weight is 1960 g/mol. The summed E-state index contributed by atoms with van der Waals surface area (Å²) in [6.07, 6.45) is 21.1. The topological polar surface area (TPSA) is 257 Å². The molecule has 7 aromatic rings. The van der Waals surface area contributed by atoms with E-state index >= 15 is 0 Å². The van der Waals surface area contributed by atoms with Gasteiger partial charge in [-0.15, -0.1) is 94.6 Å². The van der Waals surface area contributed by atoms with E-state index in [0.717, 1.165) is 154 Å². The summed E-state index contributed by atoms with van der Waals surface area (Å²) in [4.78, 5) is 56.1. The first kappa shape index (κ1) is 103. The minimum Gasteiger partial charge on any atom is -0.444 e. The number of benzene rings is 4. The molecule has 15 rings (SSSR count). The summed E-state index contributed by atoms with van der Waals surface area (Å²) in [5.74, 6) is 0. The zero-order chi connectivity index (χ0) is 84.4. The lowest BCUT2D eigenvalue weighted by Gasteiger charge is -2.32. The van der Waals surface area contributed by atoms with Gasteiger partial charge < -0.3 is 75.5 Å². The number of thiophene rings is 3. The van der Waals surface area contributed by atoms with Crippen molar-refractivity contribution in [2.45, 2.75) is 226 Å². The van der Waals surface area contributed by atoms with Gasteiger partial charge >= 0.3 is 18.3 Å². The molecule has 0 radical (unpaired) electrons. The lowest BCUT2D eigenvalue weighted by atomic mass is 10.00. The number of nitrogens with two attached hydrogens (primary N) is 2. The first-order valence-electron chi connectivity index (χ1n) is 41.9. The van der Waals surface area contributed by atoms with Gasteiger partial charge in [-0.3, -0.25) is 5.41 Å². The second kappa shape index (κ2) is 50.3. The van der Waals surface area contributed by atoms with Gasteiger partial charge in [0.15, 0.2) is 0 Å². The number of aliphatic hydroxyl groups excluding tert-OH is 1. The number of carbonyl (C=O) groups excluding carboxylic acids is 3. The van der Waals surface area contributed by atoms with Crippen molar-refractivity contribution in [2.75, 3.05) is 117 Å². The fraction of sp³-hybridized carbons (Fsp3) is 0.538. The molecule has 0 bridgehead atoms. The SMILES string of the molecule is CC(C)(C)OC(=O)N1CCC(N2CCCCc3cc(Br)ccc32)C1.CC(C)(C)OC(=O)N1CCC(N2CCCCc3cc(CC(=N)c4cccs4)ccc32)C1.CC(C)(C)OC(=O)N1CCC(N2CCCCc3cc(N)ccc32)C1.CCO.CSC(=N)c1cccs1.Cl.Cl.I.N=C(Cc1ccc2c(c1)CCCCN2C1CCNC1)c1cccs1.NCl. The molecule has 3 amide bonds. The number of hydrogen-bond donors (Lipinski definition) is 7. The number of halogens is 5. The van der Waals surface area contributed by atoms with E-state index in [2.05, 4.69) is 130 Å². The Labute approximate surface area is 774 Å². The maximum absolute atomic E-state index is 12.5. The van der Waals surface area contributed by atoms with E-state index in [9.17, 15) is 14.4 Å². The highest BCUT2D eigenvalue weighted by molar-refractivity contribution is 14.0. The molecule has 3 aromatic heterocycles. The summed E-state index contributed by atoms with van der Waals surface area (Å²) in [6.45, 7) is 30.3. The number of nitrogen functional groups attached to an aromatic ring is 1. The van der Waals surface area contributed by atoms with Gasteiger partial charge in [0.25, 0.3) is 0 Å². The number of anilines is 5. The molecule has 120 heavy (non-hydrogen) atoms. The molecule has 0 spiro atoms. The zero-order valence-electron chi connectivity index (χ0n) is 72.1. The summed E-state index contributed by atoms with van der Waals surface area (Å²) >= 11 is 14.1. The maximum atomic E-state index is 12.5. The highest BCUT2D eigenvalue weighted by Crippen LogP contribution is 2.38. The Morgan fingerprint density at radius 2 is 0.833 bits per heavy atom. The molecule has 9 N–H and O–H groups in total. The summed E-state index contributed by atoms with van der Waals surface area (Å²) < 4.78 is 17.8. The molecular formula is C91H132BrCl3IN13O7S4. The Kier molecular flexibility index (Phi) is 43.1. The third kappa shape index (κ3) is 31.4. The number of thioether (sulfide) groups is 1. The van der Waals surface area contributed by atoms with Crippen LogP contribution in [0.4, 0.5) is 42.8 Å². The quantitative estimate of drug-likeness (QED) is 0.0159. The number of aryl methyl sites for hydroxylation is 4. The number of amides is 3. The van der Waals surface area contributed by atoms with Gasteiger partial charge in [-0.2, -0.15) is 0 Å². The highest BCUT2D eigenvalue weighted by Gasteiger charge is 2.38. The maximum Gasteiger partial charge on any atom is 0.410 e. The van der Waals surface area contributed by atoms with E-state index in [1.165, 1.54) is 132 Å². The number of carbonyl (C=O) groups is 3. The largest absolute Gasteiger partial charge is 0.444 e. The van der Waals surface area contributed by atoms with Gasteiger partial charge in [0.1, 0.15) is 21.8 Å². The van der Waals surface area contributed by atoms with Gasteiger partial charge in [-0.1, -0.05) is 58.4 Å². The van der Waals surface area contributed by atoms with E-state index in [0.29, 0.717) is 41.3 Å². The molecular weight excluding hydrogens is 1830 g/mol. The van der Waals surface area contributed by atoms with Crippen molar-refractivity contribution in [3.63, 3.8) is 0 Å². The molecule has 0 aliphatic carbocycles. The Morgan fingerprint density at radius 1 is 0.500 bits per heavy atom. The van der Waals surface area contributed by atoms with Crippen molar-refractivity contribution in [2.24, 2.45) is 5.25 Å². The molecule has 8 aliphatic heterocycles. The van der Waals surface area contributed by atoms with E-state index in [1.807, 2.05) is 136 Å². The summed E-state index contributed by atoms with van der Waals surface area (Å²) in [6, 6.07) is 40.2. The van der Waals surface area contributed by atoms with Crippen LogP contribution in [0.1, 0.15) is 194 Å². The Balaban J connectivity index is 0.000000234. The standard InChI is InChI=1S/C25H33N3O2S.C20H25N3S.C19H27BrN2O2.C19H29N3O2.C6H7NS2.C2H6O.ClH2N.2ClH.HI/c1-25(2,3)30-24(29)27-13-11-20(17-27)28-12-5-4-7-19-15-18(9-10-22(19)28)16-21(26)23-8-6-14-31-23;21-18(20-5-3-11-24-20)13-15-6-7-19-16(12-15)4-1-2-10-23(19)17-8-9-22-14-17;2*1-19(2,3)24-18(23)21-11-9-16(13-21)22-10-5-4-6-14-12-15(20)7-8-17(14)22;1-8-6(7)5-3-2-4-9-5;1-2-3;1-2;;;/h6,8-10,14-15,20,26H,4-5,7,11-13,16-17H2,1-3H3;3,5-7,11-12,17,21-22H,1-2,4,8-10,13-14H2;7-8,12,16H,4-6,9-11,13H2,1-3H3;7-8,12,16H,4-6,9-11,13,20H2,1-3H3;2-4,7H,1H3;3H,2H2,1H3;2H2;3*1H. The van der Waals surface area contributed by atoms with Gasteiger partial charge in [-0.05, 0) is 313 Å². The molecule has 11 heterocycles. The number of ether oxygens (including phenoxy) is 3.